The van der Waals surface area contributed by atoms with E-state index in [4.69, 9.17) is 0 Å². The Kier molecular flexibility index (Phi) is 24.6. The molecule has 0 nitrogen and oxygen atoms in total. The molecule has 0 aliphatic heterocycles. The highest BCUT2D eigenvalue weighted by Gasteiger charge is 1.92. The van der Waals surface area contributed by atoms with Crippen LogP contribution < -0.4 is 0 Å². The molecule has 0 amide bonds. The Hall–Kier alpha value is -1.48. The third-order valence-electron chi connectivity index (χ3n) is 1.43. The first-order valence-corrected chi connectivity index (χ1v) is 6.34. The van der Waals surface area contributed by atoms with Crippen molar-refractivity contribution in [2.45, 2.75) is 48.5 Å². The van der Waals surface area contributed by atoms with Crippen molar-refractivity contribution in [2.24, 2.45) is 0 Å². The fourth-order valence-electron chi connectivity index (χ4n) is 0.847. The Morgan fingerprint density at radius 1 is 1.00 bits per heavy atom. The van der Waals surface area contributed by atoms with Crippen molar-refractivity contribution >= 4 is 0 Å². The molecule has 0 radical (unpaired) electrons. The van der Waals surface area contributed by atoms with Crippen LogP contribution in [0.3, 0.4) is 0 Å². The molecule has 0 bridgehead atoms. The van der Waals surface area contributed by atoms with Gasteiger partial charge in [0.1, 0.15) is 0 Å². The monoisotopic (exact) mass is 232 g/mol. The summed E-state index contributed by atoms with van der Waals surface area (Å²) in [5.41, 5.74) is 1.92. The van der Waals surface area contributed by atoms with Gasteiger partial charge in [-0.15, -0.1) is 5.92 Å². The van der Waals surface area contributed by atoms with Crippen molar-refractivity contribution in [1.29, 1.82) is 0 Å². The van der Waals surface area contributed by atoms with E-state index in [2.05, 4.69) is 18.4 Å². The molecule has 0 saturated heterocycles. The summed E-state index contributed by atoms with van der Waals surface area (Å²) in [7, 11) is 0. The second-order valence-electron chi connectivity index (χ2n) is 2.51. The highest BCUT2D eigenvalue weighted by atomic mass is 14.0. The zero-order chi connectivity index (χ0) is 14.1. The summed E-state index contributed by atoms with van der Waals surface area (Å²) in [5.74, 6) is 5.88. The maximum absolute atomic E-state index is 3.92. The second-order valence-corrected chi connectivity index (χ2v) is 2.51. The van der Waals surface area contributed by atoms with E-state index in [-0.39, 0.29) is 0 Å². The van der Waals surface area contributed by atoms with E-state index >= 15 is 0 Å². The SMILES string of the molecule is C=C(/C=C\C)/C(C#CC)=C\C=C/C.CC.CC. The van der Waals surface area contributed by atoms with Crippen LogP contribution in [-0.2, 0) is 0 Å². The van der Waals surface area contributed by atoms with Gasteiger partial charge >= 0.3 is 0 Å². The first-order chi connectivity index (χ1) is 8.26. The number of hydrogen-bond donors (Lipinski definition) is 0. The fraction of sp³-hybridized carbons (Fsp3) is 0.412. The molecule has 0 saturated carbocycles. The van der Waals surface area contributed by atoms with Crippen molar-refractivity contribution in [3.05, 3.63) is 48.1 Å². The van der Waals surface area contributed by atoms with Crippen molar-refractivity contribution in [3.8, 4) is 11.8 Å². The van der Waals surface area contributed by atoms with Crippen molar-refractivity contribution in [3.63, 3.8) is 0 Å². The molecule has 0 spiro atoms. The van der Waals surface area contributed by atoms with Crippen LogP contribution in [0.2, 0.25) is 0 Å². The summed E-state index contributed by atoms with van der Waals surface area (Å²) in [4.78, 5) is 0. The van der Waals surface area contributed by atoms with E-state index < -0.39 is 0 Å². The maximum Gasteiger partial charge on any atom is 0.0311 e. The van der Waals surface area contributed by atoms with E-state index in [1.54, 1.807) is 0 Å². The van der Waals surface area contributed by atoms with Crippen molar-refractivity contribution in [1.82, 2.24) is 0 Å². The molecule has 17 heavy (non-hydrogen) atoms. The Morgan fingerprint density at radius 2 is 1.53 bits per heavy atom. The Balaban J connectivity index is -0.000000439. The topological polar surface area (TPSA) is 0 Å². The van der Waals surface area contributed by atoms with E-state index in [1.165, 1.54) is 0 Å². The van der Waals surface area contributed by atoms with Gasteiger partial charge in [0.25, 0.3) is 0 Å². The summed E-state index contributed by atoms with van der Waals surface area (Å²) in [6.45, 7) is 17.7. The molecular formula is C17H28. The van der Waals surface area contributed by atoms with Gasteiger partial charge in [0.05, 0.1) is 0 Å². The van der Waals surface area contributed by atoms with Crippen LogP contribution in [0.25, 0.3) is 0 Å². The lowest BCUT2D eigenvalue weighted by Gasteiger charge is -1.96. The standard InChI is InChI=1S/C13H16.2C2H6/c1-5-8-11-13(10-7-3)12(4)9-6-2;2*1-2/h5-6,8-9,11H,4H2,1-3H3;2*1-2H3/b8-5-,9-6-,13-11-;;. The molecular weight excluding hydrogens is 204 g/mol. The minimum absolute atomic E-state index is 0.954. The average Bonchev–Trinajstić information content (AvgIpc) is 2.39. The minimum atomic E-state index is 0.954. The van der Waals surface area contributed by atoms with E-state index in [9.17, 15) is 0 Å². The van der Waals surface area contributed by atoms with Crippen LogP contribution in [0.1, 0.15) is 48.5 Å². The van der Waals surface area contributed by atoms with Crippen molar-refractivity contribution < 1.29 is 0 Å². The van der Waals surface area contributed by atoms with Gasteiger partial charge in [-0.05, 0) is 32.4 Å². The number of rotatable bonds is 3. The molecule has 0 aromatic heterocycles. The third kappa shape index (κ3) is 14.5. The molecule has 0 heteroatoms. The number of allylic oxidation sites excluding steroid dienone is 7. The van der Waals surface area contributed by atoms with Gasteiger partial charge in [-0.25, -0.2) is 0 Å². The lowest BCUT2D eigenvalue weighted by Crippen LogP contribution is -1.80. The zero-order valence-electron chi connectivity index (χ0n) is 12.6. The van der Waals surface area contributed by atoms with E-state index in [0.717, 1.165) is 11.1 Å². The van der Waals surface area contributed by atoms with Crippen molar-refractivity contribution in [2.75, 3.05) is 0 Å². The van der Waals surface area contributed by atoms with Gasteiger partial charge in [-0.2, -0.15) is 0 Å². The van der Waals surface area contributed by atoms with Crippen LogP contribution in [0.4, 0.5) is 0 Å². The van der Waals surface area contributed by atoms with Crippen LogP contribution in [0.5, 0.6) is 0 Å². The number of hydrogen-bond acceptors (Lipinski definition) is 0. The second kappa shape index (κ2) is 20.0. The Labute approximate surface area is 109 Å². The molecule has 0 N–H and O–H groups in total. The summed E-state index contributed by atoms with van der Waals surface area (Å²) in [6.07, 6.45) is 9.83. The first kappa shape index (κ1) is 20.9. The lowest BCUT2D eigenvalue weighted by molar-refractivity contribution is 1.50. The van der Waals surface area contributed by atoms with Gasteiger partial charge in [0.2, 0.25) is 0 Å². The fourth-order valence-corrected chi connectivity index (χ4v) is 0.847. The molecule has 0 aliphatic carbocycles. The molecule has 0 aromatic carbocycles. The quantitative estimate of drug-likeness (QED) is 0.432. The Bertz CT molecular complexity index is 301. The van der Waals surface area contributed by atoms with E-state index in [0.29, 0.717) is 0 Å². The predicted molar refractivity (Wildman–Crippen MR) is 83.0 cm³/mol. The molecule has 0 unspecified atom stereocenters. The van der Waals surface area contributed by atoms with Crippen LogP contribution in [0.15, 0.2) is 48.1 Å². The van der Waals surface area contributed by atoms with E-state index in [1.807, 2.05) is 78.8 Å². The molecule has 0 aromatic rings. The lowest BCUT2D eigenvalue weighted by atomic mass is 10.1. The van der Waals surface area contributed by atoms with Crippen LogP contribution in [0, 0.1) is 11.8 Å². The van der Waals surface area contributed by atoms with Gasteiger partial charge < -0.3 is 0 Å². The minimum Gasteiger partial charge on any atom is -0.101 e. The summed E-state index contributed by atoms with van der Waals surface area (Å²) in [5, 5.41) is 0. The smallest absolute Gasteiger partial charge is 0.0311 e. The van der Waals surface area contributed by atoms with Gasteiger partial charge in [0, 0.05) is 5.57 Å². The molecule has 0 heterocycles. The average molecular weight is 232 g/mol. The predicted octanol–water partition coefficient (Wildman–Crippen LogP) is 5.70. The molecule has 0 atom stereocenters. The molecule has 0 rings (SSSR count). The highest BCUT2D eigenvalue weighted by Crippen LogP contribution is 2.08. The van der Waals surface area contributed by atoms with Crippen LogP contribution in [-0.4, -0.2) is 0 Å². The normalized spacial score (nSPS) is 9.71. The first-order valence-electron chi connectivity index (χ1n) is 6.34. The maximum atomic E-state index is 3.92. The van der Waals surface area contributed by atoms with Crippen LogP contribution >= 0.6 is 0 Å². The summed E-state index contributed by atoms with van der Waals surface area (Å²) < 4.78 is 0. The molecule has 0 aliphatic rings. The third-order valence-corrected chi connectivity index (χ3v) is 1.43. The highest BCUT2D eigenvalue weighted by molar-refractivity contribution is 5.50. The summed E-state index contributed by atoms with van der Waals surface area (Å²) in [6, 6.07) is 0. The van der Waals surface area contributed by atoms with Gasteiger partial charge in [-0.3, -0.25) is 0 Å². The summed E-state index contributed by atoms with van der Waals surface area (Å²) >= 11 is 0. The van der Waals surface area contributed by atoms with Gasteiger partial charge in [-0.1, -0.05) is 64.5 Å². The zero-order valence-corrected chi connectivity index (χ0v) is 12.6. The Morgan fingerprint density at radius 3 is 1.88 bits per heavy atom. The molecule has 0 fully saturated rings. The largest absolute Gasteiger partial charge is 0.101 e. The molecule has 96 valence electrons. The van der Waals surface area contributed by atoms with Gasteiger partial charge in [0.15, 0.2) is 0 Å².